The van der Waals surface area contributed by atoms with Crippen molar-refractivity contribution in [2.45, 2.75) is 47.0 Å². The summed E-state index contributed by atoms with van der Waals surface area (Å²) in [4.78, 5) is 14.8. The minimum Gasteiger partial charge on any atom is -0.354 e. The molecule has 0 aromatic carbocycles. The number of rotatable bonds is 9. The maximum Gasteiger partial charge on any atom is 0.231 e. The van der Waals surface area contributed by atoms with Crippen LogP contribution in [0.2, 0.25) is 5.28 Å². The molecule has 0 aliphatic rings. The first-order valence-electron chi connectivity index (χ1n) is 7.47. The Morgan fingerprint density at radius 1 is 1.10 bits per heavy atom. The molecule has 0 spiro atoms. The number of aromatic nitrogens is 3. The summed E-state index contributed by atoms with van der Waals surface area (Å²) in [5.74, 6) is 1.96. The molecule has 114 valence electrons. The smallest absolute Gasteiger partial charge is 0.231 e. The zero-order valence-electron chi connectivity index (χ0n) is 13.0. The standard InChI is InChI=1S/C14H26ClN5/c1-5-20(6-2)14-18-12(15)17-13(19-14)16-10-8-7-9-11(3)4/h11H,5-10H2,1-4H3,(H,16,17,18,19). The Kier molecular flexibility index (Phi) is 7.59. The van der Waals surface area contributed by atoms with Crippen LogP contribution in [0.3, 0.4) is 0 Å². The molecule has 1 heterocycles. The summed E-state index contributed by atoms with van der Waals surface area (Å²) in [6, 6.07) is 0. The Labute approximate surface area is 127 Å². The third-order valence-corrected chi connectivity index (χ3v) is 3.30. The molecule has 1 N–H and O–H groups in total. The van der Waals surface area contributed by atoms with E-state index in [0.717, 1.165) is 32.0 Å². The van der Waals surface area contributed by atoms with E-state index in [2.05, 4.69) is 52.9 Å². The summed E-state index contributed by atoms with van der Waals surface area (Å²) in [5, 5.41) is 3.47. The summed E-state index contributed by atoms with van der Waals surface area (Å²) in [7, 11) is 0. The highest BCUT2D eigenvalue weighted by atomic mass is 35.5. The number of anilines is 2. The lowest BCUT2D eigenvalue weighted by Crippen LogP contribution is -2.25. The second kappa shape index (κ2) is 8.95. The van der Waals surface area contributed by atoms with Gasteiger partial charge in [-0.3, -0.25) is 0 Å². The van der Waals surface area contributed by atoms with Gasteiger partial charge in [-0.25, -0.2) is 0 Å². The summed E-state index contributed by atoms with van der Waals surface area (Å²) >= 11 is 5.96. The zero-order valence-corrected chi connectivity index (χ0v) is 13.7. The number of unbranched alkanes of at least 4 members (excludes halogenated alkanes) is 1. The van der Waals surface area contributed by atoms with Crippen LogP contribution in [0.15, 0.2) is 0 Å². The van der Waals surface area contributed by atoms with Crippen molar-refractivity contribution in [3.8, 4) is 0 Å². The first-order chi connectivity index (χ1) is 9.56. The normalized spacial score (nSPS) is 10.9. The van der Waals surface area contributed by atoms with Crippen LogP contribution in [-0.2, 0) is 0 Å². The quantitative estimate of drug-likeness (QED) is 0.706. The first-order valence-corrected chi connectivity index (χ1v) is 7.85. The van der Waals surface area contributed by atoms with E-state index in [1.807, 2.05) is 0 Å². The predicted molar refractivity (Wildman–Crippen MR) is 85.6 cm³/mol. The van der Waals surface area contributed by atoms with Crippen LogP contribution in [0.5, 0.6) is 0 Å². The van der Waals surface area contributed by atoms with Gasteiger partial charge in [0.05, 0.1) is 0 Å². The van der Waals surface area contributed by atoms with Crippen LogP contribution < -0.4 is 10.2 Å². The van der Waals surface area contributed by atoms with Crippen molar-refractivity contribution in [3.63, 3.8) is 0 Å². The highest BCUT2D eigenvalue weighted by Gasteiger charge is 2.09. The predicted octanol–water partition coefficient (Wildman–Crippen LogP) is 3.61. The summed E-state index contributed by atoms with van der Waals surface area (Å²) in [6.45, 7) is 11.2. The van der Waals surface area contributed by atoms with Crippen LogP contribution >= 0.6 is 11.6 Å². The van der Waals surface area contributed by atoms with Crippen molar-refractivity contribution in [3.05, 3.63) is 5.28 Å². The molecule has 0 radical (unpaired) electrons. The third kappa shape index (κ3) is 5.90. The lowest BCUT2D eigenvalue weighted by atomic mass is 10.1. The number of nitrogens with one attached hydrogen (secondary N) is 1. The van der Waals surface area contributed by atoms with Gasteiger partial charge < -0.3 is 10.2 Å². The molecule has 6 heteroatoms. The molecule has 0 fully saturated rings. The van der Waals surface area contributed by atoms with Crippen molar-refractivity contribution in [2.24, 2.45) is 5.92 Å². The van der Waals surface area contributed by atoms with Gasteiger partial charge in [0.15, 0.2) is 0 Å². The molecule has 0 saturated heterocycles. The highest BCUT2D eigenvalue weighted by molar-refractivity contribution is 6.28. The molecule has 20 heavy (non-hydrogen) atoms. The van der Waals surface area contributed by atoms with Crippen LogP contribution in [0.4, 0.5) is 11.9 Å². The van der Waals surface area contributed by atoms with Crippen molar-refractivity contribution < 1.29 is 0 Å². The molecule has 0 aliphatic heterocycles. The van der Waals surface area contributed by atoms with Crippen LogP contribution in [0.25, 0.3) is 0 Å². The van der Waals surface area contributed by atoms with E-state index in [9.17, 15) is 0 Å². The molecule has 0 saturated carbocycles. The Morgan fingerprint density at radius 3 is 2.40 bits per heavy atom. The second-order valence-electron chi connectivity index (χ2n) is 5.22. The summed E-state index contributed by atoms with van der Waals surface area (Å²) < 4.78 is 0. The Morgan fingerprint density at radius 2 is 1.80 bits per heavy atom. The van der Waals surface area contributed by atoms with Crippen LogP contribution in [-0.4, -0.2) is 34.6 Å². The lowest BCUT2D eigenvalue weighted by Gasteiger charge is -2.18. The van der Waals surface area contributed by atoms with Crippen molar-refractivity contribution >= 4 is 23.5 Å². The molecule has 0 bridgehead atoms. The van der Waals surface area contributed by atoms with Gasteiger partial charge in [0, 0.05) is 19.6 Å². The van der Waals surface area contributed by atoms with Gasteiger partial charge in [0.1, 0.15) is 0 Å². The van der Waals surface area contributed by atoms with Gasteiger partial charge in [0.25, 0.3) is 0 Å². The fourth-order valence-corrected chi connectivity index (χ4v) is 2.10. The fourth-order valence-electron chi connectivity index (χ4n) is 1.94. The molecule has 1 aromatic rings. The maximum atomic E-state index is 5.96. The molecule has 0 aliphatic carbocycles. The average molecular weight is 300 g/mol. The van der Waals surface area contributed by atoms with E-state index in [1.54, 1.807) is 0 Å². The van der Waals surface area contributed by atoms with E-state index >= 15 is 0 Å². The molecular formula is C14H26ClN5. The molecule has 0 unspecified atom stereocenters. The second-order valence-corrected chi connectivity index (χ2v) is 5.55. The number of hydrogen-bond acceptors (Lipinski definition) is 5. The molecule has 5 nitrogen and oxygen atoms in total. The third-order valence-electron chi connectivity index (χ3n) is 3.13. The van der Waals surface area contributed by atoms with E-state index in [1.165, 1.54) is 12.8 Å². The van der Waals surface area contributed by atoms with Gasteiger partial charge in [0.2, 0.25) is 17.2 Å². The summed E-state index contributed by atoms with van der Waals surface area (Å²) in [5.41, 5.74) is 0. The number of hydrogen-bond donors (Lipinski definition) is 1. The molecular weight excluding hydrogens is 274 g/mol. The van der Waals surface area contributed by atoms with E-state index in [-0.39, 0.29) is 5.28 Å². The van der Waals surface area contributed by atoms with Crippen molar-refractivity contribution in [2.75, 3.05) is 29.9 Å². The van der Waals surface area contributed by atoms with E-state index in [0.29, 0.717) is 11.9 Å². The fraction of sp³-hybridized carbons (Fsp3) is 0.786. The summed E-state index contributed by atoms with van der Waals surface area (Å²) in [6.07, 6.45) is 3.58. The largest absolute Gasteiger partial charge is 0.354 e. The van der Waals surface area contributed by atoms with Gasteiger partial charge in [-0.05, 0) is 37.8 Å². The van der Waals surface area contributed by atoms with Crippen LogP contribution in [0.1, 0.15) is 47.0 Å². The Bertz CT molecular complexity index is 393. The van der Waals surface area contributed by atoms with Gasteiger partial charge in [-0.1, -0.05) is 26.7 Å². The van der Waals surface area contributed by atoms with Gasteiger partial charge in [-0.2, -0.15) is 15.0 Å². The van der Waals surface area contributed by atoms with E-state index in [4.69, 9.17) is 11.6 Å². The van der Waals surface area contributed by atoms with E-state index < -0.39 is 0 Å². The molecule has 0 atom stereocenters. The Balaban J connectivity index is 2.53. The highest BCUT2D eigenvalue weighted by Crippen LogP contribution is 2.14. The average Bonchev–Trinajstić information content (AvgIpc) is 2.39. The number of nitrogens with zero attached hydrogens (tertiary/aromatic N) is 4. The monoisotopic (exact) mass is 299 g/mol. The maximum absolute atomic E-state index is 5.96. The van der Waals surface area contributed by atoms with Crippen LogP contribution in [0, 0.1) is 5.92 Å². The lowest BCUT2D eigenvalue weighted by molar-refractivity contribution is 0.544. The minimum atomic E-state index is 0.242. The SMILES string of the molecule is CCN(CC)c1nc(Cl)nc(NCCCCC(C)C)n1. The minimum absolute atomic E-state index is 0.242. The first kappa shape index (κ1) is 17.0. The molecule has 1 aromatic heterocycles. The van der Waals surface area contributed by atoms with Gasteiger partial charge >= 0.3 is 0 Å². The number of halogens is 1. The topological polar surface area (TPSA) is 53.9 Å². The van der Waals surface area contributed by atoms with Crippen molar-refractivity contribution in [1.82, 2.24) is 15.0 Å². The molecule has 0 amide bonds. The molecule has 1 rings (SSSR count). The van der Waals surface area contributed by atoms with Gasteiger partial charge in [-0.15, -0.1) is 0 Å². The Hall–Kier alpha value is -1.10. The van der Waals surface area contributed by atoms with Crippen molar-refractivity contribution in [1.29, 1.82) is 0 Å². The zero-order chi connectivity index (χ0) is 15.0.